The van der Waals surface area contributed by atoms with Gasteiger partial charge < -0.3 is 0 Å². The van der Waals surface area contributed by atoms with E-state index in [0.717, 1.165) is 41.8 Å². The number of hydrogen-bond donors (Lipinski definition) is 0. The molecule has 4 radical (unpaired) electrons. The van der Waals surface area contributed by atoms with Gasteiger partial charge in [-0.3, -0.25) is 0 Å². The first-order valence-electron chi connectivity index (χ1n) is 14.9. The summed E-state index contributed by atoms with van der Waals surface area (Å²) in [5.41, 5.74) is 6.13. The zero-order chi connectivity index (χ0) is 29.5. The van der Waals surface area contributed by atoms with Crippen molar-refractivity contribution >= 4 is 22.6 Å². The molecule has 2 atom stereocenters. The summed E-state index contributed by atoms with van der Waals surface area (Å²) in [5, 5.41) is 6.06. The van der Waals surface area contributed by atoms with E-state index < -0.39 is 0 Å². The predicted molar refractivity (Wildman–Crippen MR) is 180 cm³/mol. The van der Waals surface area contributed by atoms with Crippen molar-refractivity contribution in [2.24, 2.45) is 0 Å². The smallest absolute Gasteiger partial charge is 0.181 e. The Morgan fingerprint density at radius 2 is 1.35 bits per heavy atom. The van der Waals surface area contributed by atoms with Gasteiger partial charge in [-0.1, -0.05) is 158 Å². The molecule has 1 heterocycles. The Bertz CT molecular complexity index is 1740. The Labute approximate surface area is 258 Å². The van der Waals surface area contributed by atoms with E-state index in [9.17, 15) is 0 Å². The highest BCUT2D eigenvalue weighted by molar-refractivity contribution is 6.52. The molecule has 0 aliphatic heterocycles. The summed E-state index contributed by atoms with van der Waals surface area (Å²) in [4.78, 5) is 4.85. The second-order valence-corrected chi connectivity index (χ2v) is 12.2. The number of aromatic nitrogens is 3. The first kappa shape index (κ1) is 28.6. The lowest BCUT2D eigenvalue weighted by Gasteiger charge is -2.12. The van der Waals surface area contributed by atoms with Crippen LogP contribution in [0.1, 0.15) is 36.0 Å². The van der Waals surface area contributed by atoms with E-state index in [1.807, 2.05) is 48.5 Å². The molecule has 0 bridgehead atoms. The van der Waals surface area contributed by atoms with Crippen LogP contribution in [0.2, 0.25) is 0 Å². The molecule has 7 rings (SSSR count). The molecule has 0 spiro atoms. The Morgan fingerprint density at radius 1 is 0.744 bits per heavy atom. The second kappa shape index (κ2) is 13.2. The molecule has 5 heteroatoms. The third-order valence-corrected chi connectivity index (χ3v) is 9.20. The quantitative estimate of drug-likeness (QED) is 0.178. The normalized spacial score (nSPS) is 17.1. The fourth-order valence-electron chi connectivity index (χ4n) is 5.48. The van der Waals surface area contributed by atoms with Crippen LogP contribution in [-0.2, 0) is 17.9 Å². The average Bonchev–Trinajstić information content (AvgIpc) is 3.61. The molecule has 2 unspecified atom stereocenters. The molecular formula is C38H34BN3Si. The van der Waals surface area contributed by atoms with Crippen LogP contribution in [0.15, 0.2) is 146 Å². The zero-order valence-corrected chi connectivity index (χ0v) is 25.5. The Kier molecular flexibility index (Phi) is 8.80. The van der Waals surface area contributed by atoms with E-state index in [1.54, 1.807) is 0 Å². The summed E-state index contributed by atoms with van der Waals surface area (Å²) in [6.45, 7) is 2.19. The van der Waals surface area contributed by atoms with Crippen molar-refractivity contribution in [1.29, 1.82) is 0 Å². The summed E-state index contributed by atoms with van der Waals surface area (Å²) in [7, 11) is 7.10. The number of benzene rings is 5. The van der Waals surface area contributed by atoms with Gasteiger partial charge >= 0.3 is 0 Å². The molecule has 1 fully saturated rings. The number of nitrogens with zero attached hydrogens (tertiary/aromatic N) is 3. The Hall–Kier alpha value is -4.48. The van der Waals surface area contributed by atoms with Crippen molar-refractivity contribution in [2.75, 3.05) is 0 Å². The van der Waals surface area contributed by atoms with E-state index in [-0.39, 0.29) is 5.31 Å². The number of hydrogen-bond acceptors (Lipinski definition) is 2. The largest absolute Gasteiger partial charge is 0.248 e. The molecule has 5 aromatic carbocycles. The van der Waals surface area contributed by atoms with Crippen molar-refractivity contribution in [2.45, 2.75) is 37.2 Å². The highest BCUT2D eigenvalue weighted by Gasteiger charge is 2.50. The lowest BCUT2D eigenvalue weighted by molar-refractivity contribution is 0.749. The van der Waals surface area contributed by atoms with Gasteiger partial charge in [0.05, 0.1) is 7.85 Å². The molecule has 6 aromatic rings. The van der Waals surface area contributed by atoms with Gasteiger partial charge in [-0.15, -0.1) is 0 Å². The van der Waals surface area contributed by atoms with Gasteiger partial charge in [-0.05, 0) is 40.8 Å². The van der Waals surface area contributed by atoms with Crippen LogP contribution >= 0.6 is 0 Å². The molecular weight excluding hydrogens is 537 g/mol. The van der Waals surface area contributed by atoms with Gasteiger partial charge in [0.2, 0.25) is 0 Å². The third-order valence-electron chi connectivity index (χ3n) is 8.02. The van der Waals surface area contributed by atoms with Crippen LogP contribution in [0.5, 0.6) is 0 Å². The average molecular weight is 572 g/mol. The zero-order valence-electron chi connectivity index (χ0n) is 24.5. The van der Waals surface area contributed by atoms with Crippen LogP contribution in [0.3, 0.4) is 0 Å². The van der Waals surface area contributed by atoms with Crippen molar-refractivity contribution in [3.63, 3.8) is 0 Å². The van der Waals surface area contributed by atoms with Crippen LogP contribution in [0.4, 0.5) is 0 Å². The Balaban J connectivity index is 0.000000174. The molecule has 1 aliphatic rings. The molecule has 0 saturated heterocycles. The molecule has 0 N–H and O–H groups in total. The first-order valence-corrected chi connectivity index (χ1v) is 16.1. The van der Waals surface area contributed by atoms with Gasteiger partial charge in [0.1, 0.15) is 9.52 Å². The van der Waals surface area contributed by atoms with E-state index >= 15 is 0 Å². The monoisotopic (exact) mass is 571 g/mol. The summed E-state index contributed by atoms with van der Waals surface area (Å²) in [6, 6.07) is 50.3. The van der Waals surface area contributed by atoms with E-state index in [2.05, 4.69) is 109 Å². The molecule has 1 saturated carbocycles. The van der Waals surface area contributed by atoms with Gasteiger partial charge in [-0.2, -0.15) is 5.10 Å². The minimum absolute atomic E-state index is 0.136. The Morgan fingerprint density at radius 3 is 2.00 bits per heavy atom. The van der Waals surface area contributed by atoms with Gasteiger partial charge in [0, 0.05) is 17.3 Å². The molecule has 43 heavy (non-hydrogen) atoms. The van der Waals surface area contributed by atoms with Crippen LogP contribution in [0, 0.1) is 0 Å². The standard InChI is InChI=1S/C23H21N3Si.C15H13B/c1-2-18-10-9-15-21(16-18)27-17-26-23(20-13-7-4-8-14-20)24-22(25-26)19-11-5-3-6-12-19;16-15(13-9-5-2-6-10-13)11-14(15)12-7-3-1-4-8-12/h3-16H,2,17H2,1H3;1-10,14H,11H2. The SMILES string of the molecule is CCc1cccc([Si]Cn2nc(-c3ccccc3)nc2-c2ccccc2)c1.[B]C1(c2ccccc2)CC1c1ccccc1. The predicted octanol–water partition coefficient (Wildman–Crippen LogP) is 7.40. The topological polar surface area (TPSA) is 30.7 Å². The maximum Gasteiger partial charge on any atom is 0.181 e. The molecule has 208 valence electrons. The van der Waals surface area contributed by atoms with E-state index in [4.69, 9.17) is 17.9 Å². The fourth-order valence-corrected chi connectivity index (χ4v) is 6.53. The highest BCUT2D eigenvalue weighted by atomic mass is 28.2. The summed E-state index contributed by atoms with van der Waals surface area (Å²) < 4.78 is 2.05. The minimum Gasteiger partial charge on any atom is -0.248 e. The maximum absolute atomic E-state index is 6.44. The lowest BCUT2D eigenvalue weighted by atomic mass is 9.74. The summed E-state index contributed by atoms with van der Waals surface area (Å²) in [6.07, 6.45) is 2.95. The van der Waals surface area contributed by atoms with Crippen molar-refractivity contribution < 1.29 is 0 Å². The number of rotatable bonds is 8. The van der Waals surface area contributed by atoms with Crippen molar-refractivity contribution in [1.82, 2.24) is 14.8 Å². The molecule has 1 aliphatic carbocycles. The van der Waals surface area contributed by atoms with Gasteiger partial charge in [0.15, 0.2) is 11.6 Å². The van der Waals surface area contributed by atoms with Crippen molar-refractivity contribution in [3.8, 4) is 22.8 Å². The summed E-state index contributed by atoms with van der Waals surface area (Å²) in [5.74, 6) is 2.19. The van der Waals surface area contributed by atoms with E-state index in [1.165, 1.54) is 21.9 Å². The first-order chi connectivity index (χ1) is 21.1. The minimum atomic E-state index is -0.136. The van der Waals surface area contributed by atoms with Crippen molar-refractivity contribution in [3.05, 3.63) is 162 Å². The lowest BCUT2D eigenvalue weighted by Crippen LogP contribution is -2.21. The summed E-state index contributed by atoms with van der Waals surface area (Å²) >= 11 is 0. The fraction of sp³-hybridized carbons (Fsp3) is 0.158. The van der Waals surface area contributed by atoms with Gasteiger partial charge in [-0.25, -0.2) is 9.67 Å². The van der Waals surface area contributed by atoms with Gasteiger partial charge in [0.25, 0.3) is 0 Å². The van der Waals surface area contributed by atoms with Crippen LogP contribution in [-0.4, -0.2) is 32.1 Å². The number of aryl methyl sites for hydroxylation is 1. The van der Waals surface area contributed by atoms with E-state index in [0.29, 0.717) is 15.4 Å². The molecule has 0 amide bonds. The highest BCUT2D eigenvalue weighted by Crippen LogP contribution is 2.57. The van der Waals surface area contributed by atoms with Crippen LogP contribution in [0.25, 0.3) is 22.8 Å². The maximum atomic E-state index is 6.44. The van der Waals surface area contributed by atoms with Crippen LogP contribution < -0.4 is 5.19 Å². The second-order valence-electron chi connectivity index (χ2n) is 11.0. The third kappa shape index (κ3) is 6.79. The molecule has 1 aromatic heterocycles. The molecule has 3 nitrogen and oxygen atoms in total.